The van der Waals surface area contributed by atoms with E-state index in [2.05, 4.69) is 4.98 Å². The summed E-state index contributed by atoms with van der Waals surface area (Å²) >= 11 is 14.9. The first kappa shape index (κ1) is 12.3. The molecule has 0 aromatic carbocycles. The van der Waals surface area contributed by atoms with Crippen molar-refractivity contribution in [2.45, 2.75) is 19.4 Å². The van der Waals surface area contributed by atoms with Crippen LogP contribution < -0.4 is 5.73 Å². The van der Waals surface area contributed by atoms with Crippen molar-refractivity contribution in [2.75, 3.05) is 0 Å². The van der Waals surface area contributed by atoms with Crippen LogP contribution in [0.3, 0.4) is 0 Å². The van der Waals surface area contributed by atoms with Gasteiger partial charge in [0.1, 0.15) is 0 Å². The number of nitrogens with zero attached hydrogens (tertiary/aromatic N) is 1. The number of halogens is 2. The molecule has 2 heterocycles. The maximum Gasteiger partial charge on any atom is 0.0992 e. The summed E-state index contributed by atoms with van der Waals surface area (Å²) in [5.74, 6) is 0. The molecule has 0 fully saturated rings. The molecular formula is C10H10Cl2N2S2. The highest BCUT2D eigenvalue weighted by atomic mass is 35.5. The van der Waals surface area contributed by atoms with Crippen LogP contribution in [0.1, 0.15) is 22.3 Å². The van der Waals surface area contributed by atoms with E-state index in [1.54, 1.807) is 11.3 Å². The second-order valence-corrected chi connectivity index (χ2v) is 6.70. The minimum Gasteiger partial charge on any atom is -0.324 e. The van der Waals surface area contributed by atoms with Gasteiger partial charge in [0.15, 0.2) is 0 Å². The molecule has 0 aliphatic carbocycles. The topological polar surface area (TPSA) is 38.9 Å². The zero-order valence-corrected chi connectivity index (χ0v) is 11.7. The molecule has 6 heteroatoms. The molecule has 0 saturated carbocycles. The van der Waals surface area contributed by atoms with Gasteiger partial charge in [0.25, 0.3) is 0 Å². The molecule has 2 aromatic rings. The van der Waals surface area contributed by atoms with Gasteiger partial charge in [0, 0.05) is 29.1 Å². The third kappa shape index (κ3) is 2.76. The lowest BCUT2D eigenvalue weighted by molar-refractivity contribution is 0.720. The Balaban J connectivity index is 2.14. The number of hydrogen-bond donors (Lipinski definition) is 1. The van der Waals surface area contributed by atoms with E-state index in [4.69, 9.17) is 28.9 Å². The summed E-state index contributed by atoms with van der Waals surface area (Å²) in [5.41, 5.74) is 8.02. The summed E-state index contributed by atoms with van der Waals surface area (Å²) < 4.78 is 1.34. The molecule has 0 bridgehead atoms. The van der Waals surface area contributed by atoms with E-state index in [-0.39, 0.29) is 6.04 Å². The highest BCUT2D eigenvalue weighted by Crippen LogP contribution is 2.35. The number of aromatic nitrogens is 1. The summed E-state index contributed by atoms with van der Waals surface area (Å²) in [7, 11) is 0. The van der Waals surface area contributed by atoms with Crippen LogP contribution in [-0.4, -0.2) is 4.98 Å². The van der Waals surface area contributed by atoms with Crippen molar-refractivity contribution >= 4 is 45.9 Å². The van der Waals surface area contributed by atoms with Gasteiger partial charge in [-0.3, -0.25) is 0 Å². The summed E-state index contributed by atoms with van der Waals surface area (Å²) in [6, 6.07) is 1.70. The van der Waals surface area contributed by atoms with E-state index in [0.29, 0.717) is 15.1 Å². The monoisotopic (exact) mass is 292 g/mol. The van der Waals surface area contributed by atoms with E-state index in [9.17, 15) is 0 Å². The Morgan fingerprint density at radius 3 is 2.75 bits per heavy atom. The van der Waals surface area contributed by atoms with Crippen LogP contribution in [0.4, 0.5) is 0 Å². The molecule has 0 aliphatic rings. The summed E-state index contributed by atoms with van der Waals surface area (Å²) in [5, 5.41) is 3.05. The fraction of sp³-hybridized carbons (Fsp3) is 0.300. The highest BCUT2D eigenvalue weighted by Gasteiger charge is 2.15. The van der Waals surface area contributed by atoms with Crippen molar-refractivity contribution in [3.05, 3.63) is 36.4 Å². The van der Waals surface area contributed by atoms with Crippen LogP contribution in [-0.2, 0) is 6.42 Å². The minimum absolute atomic E-state index is 0.137. The van der Waals surface area contributed by atoms with Gasteiger partial charge in [0.2, 0.25) is 0 Å². The second-order valence-electron chi connectivity index (χ2n) is 3.47. The molecule has 2 rings (SSSR count). The van der Waals surface area contributed by atoms with E-state index in [1.165, 1.54) is 11.3 Å². The molecule has 2 aromatic heterocycles. The first-order chi connectivity index (χ1) is 7.56. The van der Waals surface area contributed by atoms with Gasteiger partial charge in [-0.05, 0) is 13.0 Å². The van der Waals surface area contributed by atoms with Crippen LogP contribution in [0.5, 0.6) is 0 Å². The molecule has 0 saturated heterocycles. The fourth-order valence-corrected chi connectivity index (χ4v) is 3.83. The molecule has 1 atom stereocenters. The molecule has 2 N–H and O–H groups in total. The Bertz CT molecular complexity index is 493. The number of rotatable bonds is 3. The smallest absolute Gasteiger partial charge is 0.0992 e. The zero-order valence-electron chi connectivity index (χ0n) is 8.54. The van der Waals surface area contributed by atoms with Crippen molar-refractivity contribution < 1.29 is 0 Å². The normalized spacial score (nSPS) is 13.0. The van der Waals surface area contributed by atoms with Crippen LogP contribution in [0.25, 0.3) is 0 Å². The minimum atomic E-state index is -0.137. The van der Waals surface area contributed by atoms with Crippen molar-refractivity contribution in [1.29, 1.82) is 0 Å². The molecule has 0 aliphatic heterocycles. The summed E-state index contributed by atoms with van der Waals surface area (Å²) in [4.78, 5) is 4.38. The maximum absolute atomic E-state index is 6.08. The molecule has 16 heavy (non-hydrogen) atoms. The van der Waals surface area contributed by atoms with E-state index >= 15 is 0 Å². The Kier molecular flexibility index (Phi) is 3.87. The standard InChI is InChI=1S/C10H10Cl2N2S2/c1-5-4-15-9(14-5)3-7(13)6-2-8(11)16-10(6)12/h2,4,7H,3,13H2,1H3. The molecule has 86 valence electrons. The van der Waals surface area contributed by atoms with Gasteiger partial charge in [-0.2, -0.15) is 0 Å². The molecule has 1 unspecified atom stereocenters. The predicted octanol–water partition coefficient (Wildman–Crippen LogP) is 4.06. The van der Waals surface area contributed by atoms with Crippen molar-refractivity contribution in [3.8, 4) is 0 Å². The van der Waals surface area contributed by atoms with Gasteiger partial charge < -0.3 is 5.73 Å². The van der Waals surface area contributed by atoms with Gasteiger partial charge >= 0.3 is 0 Å². The Hall–Kier alpha value is -0.130. The highest BCUT2D eigenvalue weighted by molar-refractivity contribution is 7.20. The molecular weight excluding hydrogens is 283 g/mol. The van der Waals surface area contributed by atoms with Gasteiger partial charge in [-0.15, -0.1) is 22.7 Å². The number of hydrogen-bond acceptors (Lipinski definition) is 4. The molecule has 0 spiro atoms. The second kappa shape index (κ2) is 5.02. The lowest BCUT2D eigenvalue weighted by atomic mass is 10.1. The summed E-state index contributed by atoms with van der Waals surface area (Å²) in [6.07, 6.45) is 0.700. The fourth-order valence-electron chi connectivity index (χ4n) is 1.40. The van der Waals surface area contributed by atoms with Crippen LogP contribution >= 0.6 is 45.9 Å². The Morgan fingerprint density at radius 2 is 2.25 bits per heavy atom. The maximum atomic E-state index is 6.08. The first-order valence-corrected chi connectivity index (χ1v) is 7.13. The van der Waals surface area contributed by atoms with E-state index in [1.807, 2.05) is 18.4 Å². The van der Waals surface area contributed by atoms with E-state index in [0.717, 1.165) is 16.3 Å². The van der Waals surface area contributed by atoms with E-state index < -0.39 is 0 Å². The lowest BCUT2D eigenvalue weighted by Gasteiger charge is -2.08. The number of thiazole rings is 1. The van der Waals surface area contributed by atoms with Gasteiger partial charge in [-0.1, -0.05) is 23.2 Å². The van der Waals surface area contributed by atoms with Gasteiger partial charge in [0.05, 0.1) is 13.7 Å². The van der Waals surface area contributed by atoms with Crippen LogP contribution in [0.2, 0.25) is 8.67 Å². The Labute approximate surface area is 112 Å². The summed E-state index contributed by atoms with van der Waals surface area (Å²) in [6.45, 7) is 1.97. The van der Waals surface area contributed by atoms with Gasteiger partial charge in [-0.25, -0.2) is 4.98 Å². The third-order valence-corrected chi connectivity index (χ3v) is 4.65. The Morgan fingerprint density at radius 1 is 1.50 bits per heavy atom. The SMILES string of the molecule is Cc1csc(CC(N)c2cc(Cl)sc2Cl)n1. The lowest BCUT2D eigenvalue weighted by Crippen LogP contribution is -2.12. The van der Waals surface area contributed by atoms with Crippen LogP contribution in [0, 0.1) is 6.92 Å². The third-order valence-electron chi connectivity index (χ3n) is 2.14. The van der Waals surface area contributed by atoms with Crippen LogP contribution in [0.15, 0.2) is 11.4 Å². The number of thiophene rings is 1. The number of aryl methyl sites for hydroxylation is 1. The number of nitrogens with two attached hydrogens (primary N) is 1. The molecule has 0 amide bonds. The average Bonchev–Trinajstić information content (AvgIpc) is 2.73. The van der Waals surface area contributed by atoms with Crippen molar-refractivity contribution in [3.63, 3.8) is 0 Å². The van der Waals surface area contributed by atoms with Crippen molar-refractivity contribution in [2.24, 2.45) is 5.73 Å². The average molecular weight is 293 g/mol. The predicted molar refractivity (Wildman–Crippen MR) is 71.8 cm³/mol. The zero-order chi connectivity index (χ0) is 11.7. The largest absolute Gasteiger partial charge is 0.324 e. The quantitative estimate of drug-likeness (QED) is 0.926. The molecule has 2 nitrogen and oxygen atoms in total. The molecule has 0 radical (unpaired) electrons. The first-order valence-electron chi connectivity index (χ1n) is 4.67. The van der Waals surface area contributed by atoms with Crippen molar-refractivity contribution in [1.82, 2.24) is 4.98 Å².